The molecule has 1 aliphatic heterocycles. The number of sulfonamides is 1. The summed E-state index contributed by atoms with van der Waals surface area (Å²) in [6, 6.07) is 6.89. The Bertz CT molecular complexity index is 869. The molecule has 1 aliphatic rings. The molecule has 0 fully saturated rings. The van der Waals surface area contributed by atoms with Gasteiger partial charge < -0.3 is 9.88 Å². The number of hydrogen-bond donors (Lipinski definition) is 2. The first kappa shape index (κ1) is 15.6. The van der Waals surface area contributed by atoms with Crippen LogP contribution in [0.3, 0.4) is 0 Å². The molecular formula is C16H19N3O3S. The van der Waals surface area contributed by atoms with Gasteiger partial charge in [0.15, 0.2) is 0 Å². The largest absolute Gasteiger partial charge is 0.351 e. The number of nitrogens with zero attached hydrogens (tertiary/aromatic N) is 1. The summed E-state index contributed by atoms with van der Waals surface area (Å²) in [6.45, 7) is 5.02. The lowest BCUT2D eigenvalue weighted by atomic mass is 10.1. The molecule has 3 rings (SSSR count). The van der Waals surface area contributed by atoms with Crippen molar-refractivity contribution in [2.24, 2.45) is 0 Å². The summed E-state index contributed by atoms with van der Waals surface area (Å²) in [5, 5.41) is 2.76. The lowest BCUT2D eigenvalue weighted by molar-refractivity contribution is 0.0951. The summed E-state index contributed by atoms with van der Waals surface area (Å²) in [5.74, 6) is -0.240. The maximum Gasteiger partial charge on any atom is 0.267 e. The van der Waals surface area contributed by atoms with Crippen LogP contribution in [0, 0.1) is 13.8 Å². The smallest absolute Gasteiger partial charge is 0.267 e. The molecule has 23 heavy (non-hydrogen) atoms. The number of carbonyl (C=O) groups excluding carboxylic acids is 1. The minimum Gasteiger partial charge on any atom is -0.351 e. The van der Waals surface area contributed by atoms with Gasteiger partial charge in [-0.3, -0.25) is 9.52 Å². The number of hydrogen-bond acceptors (Lipinski definition) is 3. The molecule has 0 saturated carbocycles. The molecule has 0 spiro atoms. The minimum absolute atomic E-state index is 0.102. The van der Waals surface area contributed by atoms with Gasteiger partial charge in [-0.05, 0) is 43.5 Å². The van der Waals surface area contributed by atoms with Gasteiger partial charge in [-0.15, -0.1) is 0 Å². The van der Waals surface area contributed by atoms with Gasteiger partial charge in [-0.25, -0.2) is 8.42 Å². The van der Waals surface area contributed by atoms with Gasteiger partial charge >= 0.3 is 0 Å². The average Bonchev–Trinajstić information content (AvgIpc) is 2.86. The minimum atomic E-state index is -3.73. The number of carbonyl (C=O) groups is 1. The quantitative estimate of drug-likeness (QED) is 0.902. The maximum atomic E-state index is 12.6. The van der Waals surface area contributed by atoms with Crippen LogP contribution in [0.2, 0.25) is 0 Å². The highest BCUT2D eigenvalue weighted by molar-refractivity contribution is 7.92. The van der Waals surface area contributed by atoms with Crippen molar-refractivity contribution >= 4 is 21.6 Å². The summed E-state index contributed by atoms with van der Waals surface area (Å²) in [7, 11) is -3.73. The number of amides is 1. The molecule has 0 unspecified atom stereocenters. The highest BCUT2D eigenvalue weighted by atomic mass is 32.2. The van der Waals surface area contributed by atoms with E-state index in [1.807, 2.05) is 26.0 Å². The molecule has 6 nitrogen and oxygen atoms in total. The summed E-state index contributed by atoms with van der Waals surface area (Å²) in [5.41, 5.74) is 2.83. The molecule has 1 amide bonds. The van der Waals surface area contributed by atoms with Crippen LogP contribution in [0.15, 0.2) is 35.4 Å². The van der Waals surface area contributed by atoms with Crippen LogP contribution < -0.4 is 10.0 Å². The molecule has 2 heterocycles. The van der Waals surface area contributed by atoms with Gasteiger partial charge in [0.1, 0.15) is 10.6 Å². The van der Waals surface area contributed by atoms with E-state index < -0.39 is 10.0 Å². The predicted molar refractivity (Wildman–Crippen MR) is 88.1 cm³/mol. The molecular weight excluding hydrogens is 314 g/mol. The molecule has 0 saturated heterocycles. The van der Waals surface area contributed by atoms with Crippen molar-refractivity contribution < 1.29 is 13.2 Å². The van der Waals surface area contributed by atoms with Gasteiger partial charge in [0.05, 0.1) is 5.69 Å². The van der Waals surface area contributed by atoms with Crippen LogP contribution in [0.25, 0.3) is 0 Å². The maximum absolute atomic E-state index is 12.6. The van der Waals surface area contributed by atoms with Crippen LogP contribution in [0.4, 0.5) is 5.69 Å². The number of fused-ring (bicyclic) bond motifs is 1. The van der Waals surface area contributed by atoms with Gasteiger partial charge in [0, 0.05) is 19.3 Å². The van der Waals surface area contributed by atoms with Crippen LogP contribution >= 0.6 is 0 Å². The summed E-state index contributed by atoms with van der Waals surface area (Å²) < 4.78 is 29.5. The molecule has 2 N–H and O–H groups in total. The van der Waals surface area contributed by atoms with Crippen molar-refractivity contribution in [2.45, 2.75) is 31.7 Å². The van der Waals surface area contributed by atoms with E-state index in [0.717, 1.165) is 17.5 Å². The first-order valence-corrected chi connectivity index (χ1v) is 8.94. The van der Waals surface area contributed by atoms with Gasteiger partial charge in [0.25, 0.3) is 15.9 Å². The third-order valence-corrected chi connectivity index (χ3v) is 5.46. The van der Waals surface area contributed by atoms with E-state index in [1.54, 1.807) is 10.6 Å². The van der Waals surface area contributed by atoms with Crippen LogP contribution in [-0.4, -0.2) is 25.4 Å². The third kappa shape index (κ3) is 2.96. The molecule has 0 bridgehead atoms. The standard InChI is InChI=1S/C16H19N3O3S/c1-11-5-3-6-14(12(11)2)18-23(21,22)13-9-15-16(20)17-7-4-8-19(15)10-13/h3,5-6,9-10,18H,4,7-8H2,1-2H3,(H,17,20). The number of nitrogens with one attached hydrogen (secondary N) is 2. The number of benzene rings is 1. The first-order valence-electron chi connectivity index (χ1n) is 7.46. The summed E-state index contributed by atoms with van der Waals surface area (Å²) >= 11 is 0. The molecule has 0 aliphatic carbocycles. The SMILES string of the molecule is Cc1cccc(NS(=O)(=O)c2cc3n(c2)CCCNC3=O)c1C. The fourth-order valence-corrected chi connectivity index (χ4v) is 3.77. The highest BCUT2D eigenvalue weighted by Gasteiger charge is 2.23. The van der Waals surface area contributed by atoms with E-state index in [0.29, 0.717) is 24.5 Å². The Morgan fingerprint density at radius 2 is 2.04 bits per heavy atom. The normalized spacial score (nSPS) is 14.8. The molecule has 1 aromatic heterocycles. The highest BCUT2D eigenvalue weighted by Crippen LogP contribution is 2.23. The second kappa shape index (κ2) is 5.73. The van der Waals surface area contributed by atoms with Crippen LogP contribution in [0.1, 0.15) is 28.0 Å². The number of rotatable bonds is 3. The summed E-state index contributed by atoms with van der Waals surface area (Å²) in [4.78, 5) is 12.1. The zero-order chi connectivity index (χ0) is 16.6. The Hall–Kier alpha value is -2.28. The Morgan fingerprint density at radius 1 is 1.26 bits per heavy atom. The van der Waals surface area contributed by atoms with Crippen molar-refractivity contribution in [3.63, 3.8) is 0 Å². The van der Waals surface area contributed by atoms with Crippen molar-refractivity contribution in [3.05, 3.63) is 47.3 Å². The summed E-state index contributed by atoms with van der Waals surface area (Å²) in [6.07, 6.45) is 2.30. The second-order valence-corrected chi connectivity index (χ2v) is 7.40. The predicted octanol–water partition coefficient (Wildman–Crippen LogP) is 2.04. The zero-order valence-electron chi connectivity index (χ0n) is 13.1. The van der Waals surface area contributed by atoms with E-state index in [1.165, 1.54) is 12.3 Å². The number of anilines is 1. The molecule has 7 heteroatoms. The number of aromatic nitrogens is 1. The Kier molecular flexibility index (Phi) is 3.89. The van der Waals surface area contributed by atoms with Gasteiger partial charge in [-0.2, -0.15) is 0 Å². The van der Waals surface area contributed by atoms with Crippen molar-refractivity contribution in [1.82, 2.24) is 9.88 Å². The zero-order valence-corrected chi connectivity index (χ0v) is 13.9. The number of aryl methyl sites for hydroxylation is 2. The van der Waals surface area contributed by atoms with Gasteiger partial charge in [-0.1, -0.05) is 12.1 Å². The first-order chi connectivity index (χ1) is 10.9. The van der Waals surface area contributed by atoms with E-state index in [-0.39, 0.29) is 10.8 Å². The molecule has 0 radical (unpaired) electrons. The van der Waals surface area contributed by atoms with E-state index >= 15 is 0 Å². The van der Waals surface area contributed by atoms with Crippen LogP contribution in [-0.2, 0) is 16.6 Å². The lowest BCUT2D eigenvalue weighted by Crippen LogP contribution is -2.22. The molecule has 1 aromatic carbocycles. The van der Waals surface area contributed by atoms with Crippen molar-refractivity contribution in [2.75, 3.05) is 11.3 Å². The lowest BCUT2D eigenvalue weighted by Gasteiger charge is -2.11. The average molecular weight is 333 g/mol. The molecule has 2 aromatic rings. The molecule has 122 valence electrons. The fraction of sp³-hybridized carbons (Fsp3) is 0.312. The van der Waals surface area contributed by atoms with E-state index in [4.69, 9.17) is 0 Å². The van der Waals surface area contributed by atoms with Crippen molar-refractivity contribution in [3.8, 4) is 0 Å². The van der Waals surface area contributed by atoms with Gasteiger partial charge in [0.2, 0.25) is 0 Å². The second-order valence-electron chi connectivity index (χ2n) is 5.72. The fourth-order valence-electron chi connectivity index (χ4n) is 2.61. The monoisotopic (exact) mass is 333 g/mol. The topological polar surface area (TPSA) is 80.2 Å². The van der Waals surface area contributed by atoms with E-state index in [2.05, 4.69) is 10.0 Å². The van der Waals surface area contributed by atoms with E-state index in [9.17, 15) is 13.2 Å². The van der Waals surface area contributed by atoms with Crippen LogP contribution in [0.5, 0.6) is 0 Å². The molecule has 0 atom stereocenters. The third-order valence-electron chi connectivity index (χ3n) is 4.12. The van der Waals surface area contributed by atoms with Crippen molar-refractivity contribution in [1.29, 1.82) is 0 Å². The Balaban J connectivity index is 1.96. The Morgan fingerprint density at radius 3 is 2.83 bits per heavy atom. The Labute approximate surface area is 135 Å².